The van der Waals surface area contributed by atoms with Gasteiger partial charge in [0.15, 0.2) is 0 Å². The SMILES string of the molecule is Cc1cscc1-c1cc(CCC(C)(C)C)cn1S(=O)(=O)c1cccnc1. The summed E-state index contributed by atoms with van der Waals surface area (Å²) in [6, 6.07) is 5.24. The van der Waals surface area contributed by atoms with Gasteiger partial charge < -0.3 is 0 Å². The molecule has 138 valence electrons. The van der Waals surface area contributed by atoms with Gasteiger partial charge in [0.1, 0.15) is 4.90 Å². The molecule has 0 saturated carbocycles. The maximum atomic E-state index is 13.2. The summed E-state index contributed by atoms with van der Waals surface area (Å²) in [5.41, 5.74) is 4.00. The molecule has 3 aromatic rings. The van der Waals surface area contributed by atoms with Gasteiger partial charge in [-0.05, 0) is 59.9 Å². The van der Waals surface area contributed by atoms with Gasteiger partial charge in [0.05, 0.1) is 5.69 Å². The van der Waals surface area contributed by atoms with Crippen LogP contribution in [0.15, 0.2) is 52.4 Å². The van der Waals surface area contributed by atoms with E-state index in [9.17, 15) is 8.42 Å². The standard InChI is InChI=1S/C20H24N2O2S2/c1-15-13-25-14-18(15)19-10-16(7-8-20(2,3)4)12-22(19)26(23,24)17-6-5-9-21-11-17/h5-6,9-14H,7-8H2,1-4H3. The first-order valence-electron chi connectivity index (χ1n) is 8.58. The number of aryl methyl sites for hydroxylation is 2. The van der Waals surface area contributed by atoms with E-state index < -0.39 is 10.0 Å². The lowest BCUT2D eigenvalue weighted by Crippen LogP contribution is -2.13. The molecule has 0 aliphatic heterocycles. The van der Waals surface area contributed by atoms with Crippen LogP contribution in [0.5, 0.6) is 0 Å². The first kappa shape index (κ1) is 18.9. The summed E-state index contributed by atoms with van der Waals surface area (Å²) in [7, 11) is -3.69. The molecule has 0 unspecified atom stereocenters. The highest BCUT2D eigenvalue weighted by molar-refractivity contribution is 7.90. The third kappa shape index (κ3) is 3.91. The molecule has 0 saturated heterocycles. The molecule has 0 radical (unpaired) electrons. The second-order valence-corrected chi connectivity index (χ2v) is 10.3. The second kappa shape index (κ2) is 7.00. The van der Waals surface area contributed by atoms with Gasteiger partial charge in [-0.2, -0.15) is 11.3 Å². The molecule has 3 rings (SSSR count). The molecule has 0 N–H and O–H groups in total. The number of thiophene rings is 1. The van der Waals surface area contributed by atoms with Crippen LogP contribution >= 0.6 is 11.3 Å². The molecule has 0 atom stereocenters. The Morgan fingerprint density at radius 2 is 2.00 bits per heavy atom. The van der Waals surface area contributed by atoms with Crippen molar-refractivity contribution in [3.05, 3.63) is 58.7 Å². The summed E-state index contributed by atoms with van der Waals surface area (Å²) >= 11 is 1.58. The lowest BCUT2D eigenvalue weighted by Gasteiger charge is -2.16. The number of aromatic nitrogens is 2. The highest BCUT2D eigenvalue weighted by Crippen LogP contribution is 2.32. The molecule has 0 aromatic carbocycles. The van der Waals surface area contributed by atoms with Gasteiger partial charge in [-0.3, -0.25) is 4.98 Å². The molecule has 3 heterocycles. The highest BCUT2D eigenvalue weighted by Gasteiger charge is 2.23. The zero-order valence-corrected chi connectivity index (χ0v) is 17.2. The molecule has 26 heavy (non-hydrogen) atoms. The van der Waals surface area contributed by atoms with Crippen LogP contribution in [-0.4, -0.2) is 17.4 Å². The summed E-state index contributed by atoms with van der Waals surface area (Å²) < 4.78 is 27.8. The Labute approximate surface area is 159 Å². The fraction of sp³-hybridized carbons (Fsp3) is 0.350. The van der Waals surface area contributed by atoms with Crippen LogP contribution in [0.25, 0.3) is 11.3 Å². The summed E-state index contributed by atoms with van der Waals surface area (Å²) in [5.74, 6) is 0. The van der Waals surface area contributed by atoms with Gasteiger partial charge in [-0.15, -0.1) is 0 Å². The maximum absolute atomic E-state index is 13.2. The lowest BCUT2D eigenvalue weighted by atomic mass is 9.89. The fourth-order valence-corrected chi connectivity index (χ4v) is 4.98. The van der Waals surface area contributed by atoms with E-state index in [0.717, 1.165) is 35.2 Å². The lowest BCUT2D eigenvalue weighted by molar-refractivity contribution is 0.378. The zero-order valence-electron chi connectivity index (χ0n) is 15.6. The van der Waals surface area contributed by atoms with Crippen LogP contribution in [0.4, 0.5) is 0 Å². The normalized spacial score (nSPS) is 12.5. The maximum Gasteiger partial charge on any atom is 0.269 e. The topological polar surface area (TPSA) is 52.0 Å². The minimum absolute atomic E-state index is 0.197. The minimum atomic E-state index is -3.69. The average Bonchev–Trinajstić information content (AvgIpc) is 3.19. The number of rotatable bonds is 5. The van der Waals surface area contributed by atoms with Crippen molar-refractivity contribution in [1.82, 2.24) is 8.96 Å². The third-order valence-electron chi connectivity index (χ3n) is 4.33. The van der Waals surface area contributed by atoms with Gasteiger partial charge in [-0.25, -0.2) is 12.4 Å². The largest absolute Gasteiger partial charge is 0.269 e. The summed E-state index contributed by atoms with van der Waals surface area (Å²) in [6.45, 7) is 8.59. The van der Waals surface area contributed by atoms with Gasteiger partial charge in [0, 0.05) is 29.5 Å². The Hall–Kier alpha value is -1.92. The van der Waals surface area contributed by atoms with Crippen LogP contribution in [0.3, 0.4) is 0 Å². The smallest absolute Gasteiger partial charge is 0.263 e. The van der Waals surface area contributed by atoms with Crippen LogP contribution in [-0.2, 0) is 16.4 Å². The molecular weight excluding hydrogens is 364 g/mol. The van der Waals surface area contributed by atoms with Crippen molar-refractivity contribution in [2.24, 2.45) is 5.41 Å². The molecule has 0 aliphatic carbocycles. The van der Waals surface area contributed by atoms with Crippen molar-refractivity contribution in [2.75, 3.05) is 0 Å². The predicted octanol–water partition coefficient (Wildman–Crippen LogP) is 5.14. The minimum Gasteiger partial charge on any atom is -0.263 e. The van der Waals surface area contributed by atoms with Crippen LogP contribution < -0.4 is 0 Å². The molecule has 4 nitrogen and oxygen atoms in total. The molecular formula is C20H24N2O2S2. The molecule has 0 bridgehead atoms. The first-order chi connectivity index (χ1) is 12.2. The van der Waals surface area contributed by atoms with Gasteiger partial charge in [-0.1, -0.05) is 20.8 Å². The van der Waals surface area contributed by atoms with Crippen LogP contribution in [0.1, 0.15) is 38.3 Å². The number of hydrogen-bond acceptors (Lipinski definition) is 4. The Morgan fingerprint density at radius 1 is 1.23 bits per heavy atom. The van der Waals surface area contributed by atoms with Crippen LogP contribution in [0.2, 0.25) is 0 Å². The predicted molar refractivity (Wildman–Crippen MR) is 107 cm³/mol. The zero-order chi connectivity index (χ0) is 18.9. The van der Waals surface area contributed by atoms with Crippen molar-refractivity contribution in [2.45, 2.75) is 45.4 Å². The Bertz CT molecular complexity index is 994. The second-order valence-electron chi connectivity index (χ2n) is 7.75. The first-order valence-corrected chi connectivity index (χ1v) is 11.0. The van der Waals surface area contributed by atoms with Crippen LogP contribution in [0, 0.1) is 12.3 Å². The van der Waals surface area contributed by atoms with E-state index in [0.29, 0.717) is 0 Å². The van der Waals surface area contributed by atoms with E-state index >= 15 is 0 Å². The Kier molecular flexibility index (Phi) is 5.08. The Morgan fingerprint density at radius 3 is 2.58 bits per heavy atom. The third-order valence-corrected chi connectivity index (χ3v) is 6.85. The van der Waals surface area contributed by atoms with Crippen molar-refractivity contribution in [1.29, 1.82) is 0 Å². The van der Waals surface area contributed by atoms with Gasteiger partial charge in [0.25, 0.3) is 10.0 Å². The molecule has 0 spiro atoms. The molecule has 3 aromatic heterocycles. The van der Waals surface area contributed by atoms with Crippen molar-refractivity contribution in [3.8, 4) is 11.3 Å². The molecule has 0 fully saturated rings. The molecule has 6 heteroatoms. The van der Waals surface area contributed by atoms with E-state index in [1.807, 2.05) is 23.8 Å². The quantitative estimate of drug-likeness (QED) is 0.608. The fourth-order valence-electron chi connectivity index (χ4n) is 2.78. The van der Waals surface area contributed by atoms with Crippen molar-refractivity contribution < 1.29 is 8.42 Å². The summed E-state index contributed by atoms with van der Waals surface area (Å²) in [5, 5.41) is 4.05. The highest BCUT2D eigenvalue weighted by atomic mass is 32.2. The van der Waals surface area contributed by atoms with Crippen molar-refractivity contribution >= 4 is 21.4 Å². The number of hydrogen-bond donors (Lipinski definition) is 0. The monoisotopic (exact) mass is 388 g/mol. The number of nitrogens with zero attached hydrogens (tertiary/aromatic N) is 2. The molecule has 0 amide bonds. The van der Waals surface area contributed by atoms with E-state index in [1.165, 1.54) is 10.2 Å². The van der Waals surface area contributed by atoms with E-state index in [1.54, 1.807) is 35.9 Å². The molecule has 0 aliphatic rings. The van der Waals surface area contributed by atoms with Gasteiger partial charge in [0.2, 0.25) is 0 Å². The summed E-state index contributed by atoms with van der Waals surface area (Å²) in [4.78, 5) is 4.17. The van der Waals surface area contributed by atoms with Gasteiger partial charge >= 0.3 is 0 Å². The van der Waals surface area contributed by atoms with E-state index in [-0.39, 0.29) is 10.3 Å². The Balaban J connectivity index is 2.11. The van der Waals surface area contributed by atoms with Crippen molar-refractivity contribution in [3.63, 3.8) is 0 Å². The average molecular weight is 389 g/mol. The van der Waals surface area contributed by atoms with E-state index in [4.69, 9.17) is 0 Å². The summed E-state index contributed by atoms with van der Waals surface area (Å²) in [6.07, 6.45) is 6.57. The van der Waals surface area contributed by atoms with E-state index in [2.05, 4.69) is 25.8 Å². The number of pyridine rings is 1.